The molecule has 0 saturated carbocycles. The van der Waals surface area contributed by atoms with Crippen molar-refractivity contribution in [3.05, 3.63) is 41.2 Å². The van der Waals surface area contributed by atoms with Gasteiger partial charge in [-0.1, -0.05) is 6.07 Å². The first kappa shape index (κ1) is 16.0. The first-order valence-electron chi connectivity index (χ1n) is 7.60. The summed E-state index contributed by atoms with van der Waals surface area (Å²) in [6, 6.07) is 5.39. The highest BCUT2D eigenvalue weighted by atomic mass is 32.1. The van der Waals surface area contributed by atoms with E-state index in [0.29, 0.717) is 43.3 Å². The molecule has 0 unspecified atom stereocenters. The lowest BCUT2D eigenvalue weighted by Crippen LogP contribution is -2.40. The van der Waals surface area contributed by atoms with E-state index in [9.17, 15) is 4.79 Å². The molecule has 23 heavy (non-hydrogen) atoms. The average molecular weight is 334 g/mol. The van der Waals surface area contributed by atoms with Gasteiger partial charge in [0.25, 0.3) is 0 Å². The van der Waals surface area contributed by atoms with Crippen LogP contribution in [0.5, 0.6) is 0 Å². The number of likely N-dealkylation sites (tertiary alicyclic amines) is 1. The fraction of sp³-hybridized carbons (Fsp3) is 0.438. The number of pyridine rings is 1. The number of nitrogens with zero attached hydrogens (tertiary/aromatic N) is 3. The summed E-state index contributed by atoms with van der Waals surface area (Å²) >= 11 is 1.41. The third-order valence-electron chi connectivity index (χ3n) is 3.99. The van der Waals surface area contributed by atoms with Crippen molar-refractivity contribution in [2.45, 2.75) is 32.0 Å². The minimum Gasteiger partial charge on any atom is -0.302 e. The summed E-state index contributed by atoms with van der Waals surface area (Å²) in [6.45, 7) is 3.47. The van der Waals surface area contributed by atoms with Crippen LogP contribution in [0, 0.1) is 0 Å². The molecule has 3 heterocycles. The maximum atomic E-state index is 15.0. The van der Waals surface area contributed by atoms with Crippen molar-refractivity contribution in [3.63, 3.8) is 0 Å². The Morgan fingerprint density at radius 1 is 1.43 bits per heavy atom. The lowest BCUT2D eigenvalue weighted by molar-refractivity contribution is -0.114. The Morgan fingerprint density at radius 3 is 2.87 bits per heavy atom. The second-order valence-corrected chi connectivity index (χ2v) is 6.64. The molecule has 1 aliphatic heterocycles. The first-order valence-corrected chi connectivity index (χ1v) is 8.48. The molecule has 1 amide bonds. The van der Waals surface area contributed by atoms with Crippen molar-refractivity contribution in [2.24, 2.45) is 0 Å². The van der Waals surface area contributed by atoms with Crippen LogP contribution in [0.4, 0.5) is 9.52 Å². The maximum absolute atomic E-state index is 15.0. The van der Waals surface area contributed by atoms with E-state index in [1.165, 1.54) is 18.3 Å². The SMILES string of the molecule is CC(=O)Nc1nc(CN2CCC(F)(c3ccccn3)CC2)cs1. The lowest BCUT2D eigenvalue weighted by atomic mass is 9.89. The Hall–Kier alpha value is -1.86. The van der Waals surface area contributed by atoms with Crippen molar-refractivity contribution in [1.82, 2.24) is 14.9 Å². The van der Waals surface area contributed by atoms with Gasteiger partial charge in [0, 0.05) is 38.1 Å². The number of hydrogen-bond donors (Lipinski definition) is 1. The summed E-state index contributed by atoms with van der Waals surface area (Å²) in [5.74, 6) is -0.124. The second kappa shape index (κ2) is 6.72. The van der Waals surface area contributed by atoms with Gasteiger partial charge >= 0.3 is 0 Å². The van der Waals surface area contributed by atoms with Crippen molar-refractivity contribution in [3.8, 4) is 0 Å². The average Bonchev–Trinajstić information content (AvgIpc) is 2.97. The van der Waals surface area contributed by atoms with E-state index in [2.05, 4.69) is 20.2 Å². The first-order chi connectivity index (χ1) is 11.0. The van der Waals surface area contributed by atoms with Gasteiger partial charge in [0.1, 0.15) is 0 Å². The minimum absolute atomic E-state index is 0.124. The van der Waals surface area contributed by atoms with E-state index in [0.717, 1.165) is 5.69 Å². The number of hydrogen-bond acceptors (Lipinski definition) is 5. The standard InChI is InChI=1S/C16H19FN4OS/c1-12(22)19-15-20-13(11-23-15)10-21-8-5-16(17,6-9-21)14-4-2-3-7-18-14/h2-4,7,11H,5-6,8-10H2,1H3,(H,19,20,22). The summed E-state index contributed by atoms with van der Waals surface area (Å²) in [4.78, 5) is 21.8. The number of anilines is 1. The normalized spacial score (nSPS) is 17.8. The van der Waals surface area contributed by atoms with E-state index >= 15 is 4.39 Å². The highest BCUT2D eigenvalue weighted by molar-refractivity contribution is 7.13. The molecule has 1 saturated heterocycles. The summed E-state index contributed by atoms with van der Waals surface area (Å²) < 4.78 is 15.0. The Kier molecular flexibility index (Phi) is 4.68. The Bertz CT molecular complexity index is 668. The van der Waals surface area contributed by atoms with Crippen molar-refractivity contribution in [1.29, 1.82) is 0 Å². The van der Waals surface area contributed by atoms with Crippen LogP contribution in [0.1, 0.15) is 31.2 Å². The van der Waals surface area contributed by atoms with Gasteiger partial charge in [-0.25, -0.2) is 9.37 Å². The van der Waals surface area contributed by atoms with Gasteiger partial charge in [0.2, 0.25) is 5.91 Å². The number of carbonyl (C=O) groups excluding carboxylic acids is 1. The van der Waals surface area contributed by atoms with Crippen LogP contribution in [0.15, 0.2) is 29.8 Å². The summed E-state index contributed by atoms with van der Waals surface area (Å²) in [5.41, 5.74) is 0.102. The second-order valence-electron chi connectivity index (χ2n) is 5.78. The van der Waals surface area contributed by atoms with Gasteiger partial charge in [-0.3, -0.25) is 14.7 Å². The molecular weight excluding hydrogens is 315 g/mol. The molecule has 5 nitrogen and oxygen atoms in total. The highest BCUT2D eigenvalue weighted by Crippen LogP contribution is 2.36. The van der Waals surface area contributed by atoms with Crippen LogP contribution in [-0.2, 0) is 17.0 Å². The topological polar surface area (TPSA) is 58.1 Å². The Labute approximate surface area is 138 Å². The molecule has 0 bridgehead atoms. The Morgan fingerprint density at radius 2 is 2.22 bits per heavy atom. The molecular formula is C16H19FN4OS. The minimum atomic E-state index is -1.33. The fourth-order valence-corrected chi connectivity index (χ4v) is 3.51. The van der Waals surface area contributed by atoms with Crippen LogP contribution in [0.25, 0.3) is 0 Å². The molecule has 1 fully saturated rings. The molecule has 7 heteroatoms. The van der Waals surface area contributed by atoms with Gasteiger partial charge in [-0.05, 0) is 25.0 Å². The monoisotopic (exact) mass is 334 g/mol. The van der Waals surface area contributed by atoms with E-state index < -0.39 is 5.67 Å². The molecule has 0 aromatic carbocycles. The molecule has 2 aromatic heterocycles. The smallest absolute Gasteiger partial charge is 0.223 e. The number of nitrogens with one attached hydrogen (secondary N) is 1. The van der Waals surface area contributed by atoms with Crippen LogP contribution in [-0.4, -0.2) is 33.9 Å². The molecule has 122 valence electrons. The predicted molar refractivity (Wildman–Crippen MR) is 88.0 cm³/mol. The summed E-state index contributed by atoms with van der Waals surface area (Å²) in [7, 11) is 0. The Balaban J connectivity index is 1.57. The van der Waals surface area contributed by atoms with E-state index in [4.69, 9.17) is 0 Å². The molecule has 3 rings (SSSR count). The zero-order valence-electron chi connectivity index (χ0n) is 13.0. The van der Waals surface area contributed by atoms with E-state index in [1.54, 1.807) is 18.3 Å². The number of amides is 1. The van der Waals surface area contributed by atoms with Gasteiger partial charge in [0.15, 0.2) is 10.8 Å². The quantitative estimate of drug-likeness (QED) is 0.934. The van der Waals surface area contributed by atoms with Crippen LogP contribution >= 0.6 is 11.3 Å². The molecule has 0 spiro atoms. The van der Waals surface area contributed by atoms with E-state index in [1.807, 2.05) is 11.4 Å². The number of piperidine rings is 1. The molecule has 1 N–H and O–H groups in total. The molecule has 0 radical (unpaired) electrons. The lowest BCUT2D eigenvalue weighted by Gasteiger charge is -2.35. The van der Waals surface area contributed by atoms with E-state index in [-0.39, 0.29) is 5.91 Å². The molecule has 2 aromatic rings. The maximum Gasteiger partial charge on any atom is 0.223 e. The zero-order valence-corrected chi connectivity index (χ0v) is 13.8. The summed E-state index contributed by atoms with van der Waals surface area (Å²) in [5, 5.41) is 5.22. The molecule has 0 atom stereocenters. The van der Waals surface area contributed by atoms with Gasteiger partial charge in [0.05, 0.1) is 11.4 Å². The van der Waals surface area contributed by atoms with Crippen molar-refractivity contribution in [2.75, 3.05) is 18.4 Å². The summed E-state index contributed by atoms with van der Waals surface area (Å²) in [6.07, 6.45) is 2.52. The van der Waals surface area contributed by atoms with Crippen LogP contribution in [0.2, 0.25) is 0 Å². The van der Waals surface area contributed by atoms with Gasteiger partial charge in [-0.2, -0.15) is 0 Å². The fourth-order valence-electron chi connectivity index (χ4n) is 2.77. The number of alkyl halides is 1. The van der Waals surface area contributed by atoms with Crippen LogP contribution < -0.4 is 5.32 Å². The number of aromatic nitrogens is 2. The largest absolute Gasteiger partial charge is 0.302 e. The molecule has 0 aliphatic carbocycles. The molecule has 1 aliphatic rings. The highest BCUT2D eigenvalue weighted by Gasteiger charge is 2.37. The van der Waals surface area contributed by atoms with Crippen LogP contribution in [0.3, 0.4) is 0 Å². The predicted octanol–water partition coefficient (Wildman–Crippen LogP) is 2.96. The third kappa shape index (κ3) is 3.92. The van der Waals surface area contributed by atoms with Crippen molar-refractivity contribution >= 4 is 22.4 Å². The number of thiazole rings is 1. The number of rotatable bonds is 4. The number of carbonyl (C=O) groups is 1. The zero-order chi connectivity index (χ0) is 16.3. The van der Waals surface area contributed by atoms with Gasteiger partial charge in [-0.15, -0.1) is 11.3 Å². The third-order valence-corrected chi connectivity index (χ3v) is 4.80. The van der Waals surface area contributed by atoms with Gasteiger partial charge < -0.3 is 5.32 Å². The van der Waals surface area contributed by atoms with Crippen molar-refractivity contribution < 1.29 is 9.18 Å². The number of halogens is 1.